The van der Waals surface area contributed by atoms with Crippen molar-refractivity contribution in [3.8, 4) is 0 Å². The van der Waals surface area contributed by atoms with Crippen LogP contribution in [-0.2, 0) is 4.79 Å². The van der Waals surface area contributed by atoms with E-state index in [0.29, 0.717) is 0 Å². The monoisotopic (exact) mass is 498 g/mol. The van der Waals surface area contributed by atoms with E-state index in [-0.39, 0.29) is 17.3 Å². The number of thioether (sulfide) groups is 1. The van der Waals surface area contributed by atoms with Gasteiger partial charge in [-0.2, -0.15) is 0 Å². The van der Waals surface area contributed by atoms with Crippen molar-refractivity contribution in [2.24, 2.45) is 0 Å². The summed E-state index contributed by atoms with van der Waals surface area (Å²) in [6.45, 7) is 3.72. The van der Waals surface area contributed by atoms with Gasteiger partial charge in [-0.25, -0.2) is 0 Å². The molecule has 3 aromatic rings. The number of hydrogen-bond acceptors (Lipinski definition) is 5. The fourth-order valence-corrected chi connectivity index (χ4v) is 6.30. The van der Waals surface area contributed by atoms with E-state index in [9.17, 15) is 4.79 Å². The first-order chi connectivity index (χ1) is 17.7. The minimum Gasteiger partial charge on any atom is -0.343 e. The lowest BCUT2D eigenvalue weighted by atomic mass is 9.88. The molecule has 2 aliphatic heterocycles. The van der Waals surface area contributed by atoms with Gasteiger partial charge in [0.2, 0.25) is 5.91 Å². The molecule has 0 spiro atoms. The second kappa shape index (κ2) is 11.9. The number of aromatic nitrogens is 1. The van der Waals surface area contributed by atoms with Gasteiger partial charge in [0.25, 0.3) is 0 Å². The highest BCUT2D eigenvalue weighted by Crippen LogP contribution is 2.33. The van der Waals surface area contributed by atoms with Gasteiger partial charge < -0.3 is 9.80 Å². The molecule has 0 radical (unpaired) electrons. The summed E-state index contributed by atoms with van der Waals surface area (Å²) in [6, 6.07) is 25.4. The number of amides is 1. The highest BCUT2D eigenvalue weighted by atomic mass is 32.2. The summed E-state index contributed by atoms with van der Waals surface area (Å²) in [5.41, 5.74) is 6.63. The number of benzene rings is 2. The second-order valence-corrected chi connectivity index (χ2v) is 10.7. The molecule has 2 saturated heterocycles. The van der Waals surface area contributed by atoms with Crippen molar-refractivity contribution in [3.05, 3.63) is 107 Å². The molecule has 0 aliphatic carbocycles. The molecule has 36 heavy (non-hydrogen) atoms. The first-order valence-electron chi connectivity index (χ1n) is 12.8. The Labute approximate surface area is 218 Å². The molecule has 0 bridgehead atoms. The first-order valence-corrected chi connectivity index (χ1v) is 13.8. The molecule has 3 heterocycles. The summed E-state index contributed by atoms with van der Waals surface area (Å²) < 4.78 is 0. The third kappa shape index (κ3) is 5.89. The van der Waals surface area contributed by atoms with Crippen LogP contribution in [0.1, 0.15) is 34.9 Å². The SMILES string of the molecule is CN(CCN1CCC(=C(c2ccccc2)c2ccccc2)CC1)C(=O)C1CSC(c2cccnc2)N1. The van der Waals surface area contributed by atoms with E-state index in [4.69, 9.17) is 0 Å². The largest absolute Gasteiger partial charge is 0.343 e. The summed E-state index contributed by atoms with van der Waals surface area (Å²) in [6.07, 6.45) is 5.78. The van der Waals surface area contributed by atoms with Gasteiger partial charge in [-0.1, -0.05) is 72.3 Å². The van der Waals surface area contributed by atoms with E-state index in [2.05, 4.69) is 81.9 Å². The van der Waals surface area contributed by atoms with Crippen molar-refractivity contribution in [3.63, 3.8) is 0 Å². The van der Waals surface area contributed by atoms with Gasteiger partial charge in [0, 0.05) is 51.4 Å². The van der Waals surface area contributed by atoms with E-state index in [1.165, 1.54) is 22.3 Å². The molecule has 2 atom stereocenters. The van der Waals surface area contributed by atoms with E-state index in [0.717, 1.165) is 50.3 Å². The zero-order valence-electron chi connectivity index (χ0n) is 20.8. The minimum atomic E-state index is -0.139. The number of nitrogens with zero attached hydrogens (tertiary/aromatic N) is 3. The number of carbonyl (C=O) groups excluding carboxylic acids is 1. The average molecular weight is 499 g/mol. The zero-order valence-corrected chi connectivity index (χ0v) is 21.7. The molecular formula is C30H34N4OS. The van der Waals surface area contributed by atoms with Gasteiger partial charge in [-0.15, -0.1) is 11.8 Å². The molecular weight excluding hydrogens is 464 g/mol. The third-order valence-electron chi connectivity index (χ3n) is 7.13. The fourth-order valence-electron chi connectivity index (χ4n) is 5.09. The topological polar surface area (TPSA) is 48.5 Å². The predicted molar refractivity (Wildman–Crippen MR) is 149 cm³/mol. The molecule has 1 aromatic heterocycles. The van der Waals surface area contributed by atoms with Gasteiger partial charge >= 0.3 is 0 Å². The van der Waals surface area contributed by atoms with Gasteiger partial charge in [0.15, 0.2) is 0 Å². The standard InChI is InChI=1S/C30H34N4OS/c1-33(30(35)27-22-36-29(32-27)26-13-8-16-31-21-26)19-20-34-17-14-25(15-18-34)28(23-9-4-2-5-10-23)24-11-6-3-7-12-24/h2-13,16,21,27,29,32H,14-15,17-20,22H2,1H3. The molecule has 5 rings (SSSR count). The van der Waals surface area contributed by atoms with E-state index in [1.807, 2.05) is 24.2 Å². The zero-order chi connectivity index (χ0) is 24.7. The maximum atomic E-state index is 13.1. The van der Waals surface area contributed by atoms with Gasteiger partial charge in [0.1, 0.15) is 0 Å². The molecule has 2 aromatic carbocycles. The van der Waals surface area contributed by atoms with Crippen LogP contribution in [0.3, 0.4) is 0 Å². The van der Waals surface area contributed by atoms with Crippen LogP contribution in [0, 0.1) is 0 Å². The Kier molecular flexibility index (Phi) is 8.16. The molecule has 2 unspecified atom stereocenters. The maximum absolute atomic E-state index is 13.1. The molecule has 1 amide bonds. The average Bonchev–Trinajstić information content (AvgIpc) is 3.44. The van der Waals surface area contributed by atoms with Gasteiger partial charge in [-0.05, 0) is 41.2 Å². The number of likely N-dealkylation sites (N-methyl/N-ethyl adjacent to an activating group) is 1. The summed E-state index contributed by atoms with van der Waals surface area (Å²) in [5.74, 6) is 0.976. The number of likely N-dealkylation sites (tertiary alicyclic amines) is 1. The Bertz CT molecular complexity index is 1120. The molecule has 186 valence electrons. The Balaban J connectivity index is 1.16. The minimum absolute atomic E-state index is 0.136. The summed E-state index contributed by atoms with van der Waals surface area (Å²) >= 11 is 1.78. The van der Waals surface area contributed by atoms with E-state index in [1.54, 1.807) is 18.0 Å². The number of nitrogens with one attached hydrogen (secondary N) is 1. The van der Waals surface area contributed by atoms with Crippen LogP contribution in [0.4, 0.5) is 0 Å². The van der Waals surface area contributed by atoms with E-state index >= 15 is 0 Å². The summed E-state index contributed by atoms with van der Waals surface area (Å²) in [4.78, 5) is 21.7. The second-order valence-electron chi connectivity index (χ2n) is 9.53. The van der Waals surface area contributed by atoms with Crippen molar-refractivity contribution in [2.75, 3.05) is 39.0 Å². The Hall–Kier alpha value is -2.93. The summed E-state index contributed by atoms with van der Waals surface area (Å²) in [5, 5.41) is 3.62. The highest BCUT2D eigenvalue weighted by molar-refractivity contribution is 7.99. The van der Waals surface area contributed by atoms with Crippen LogP contribution in [0.25, 0.3) is 5.57 Å². The van der Waals surface area contributed by atoms with Crippen LogP contribution in [0.2, 0.25) is 0 Å². The normalized spacial score (nSPS) is 20.3. The van der Waals surface area contributed by atoms with Crippen molar-refractivity contribution in [2.45, 2.75) is 24.3 Å². The van der Waals surface area contributed by atoms with Crippen LogP contribution in [0.15, 0.2) is 90.8 Å². The van der Waals surface area contributed by atoms with Crippen molar-refractivity contribution in [1.29, 1.82) is 0 Å². The van der Waals surface area contributed by atoms with Crippen LogP contribution in [-0.4, -0.2) is 65.7 Å². The number of carbonyl (C=O) groups is 1. The number of piperidine rings is 1. The van der Waals surface area contributed by atoms with E-state index < -0.39 is 0 Å². The molecule has 5 nitrogen and oxygen atoms in total. The molecule has 1 N–H and O–H groups in total. The van der Waals surface area contributed by atoms with Crippen molar-refractivity contribution < 1.29 is 4.79 Å². The smallest absolute Gasteiger partial charge is 0.240 e. The first kappa shape index (κ1) is 24.8. The van der Waals surface area contributed by atoms with Crippen LogP contribution in [0.5, 0.6) is 0 Å². The molecule has 6 heteroatoms. The Morgan fingerprint density at radius 3 is 2.28 bits per heavy atom. The lowest BCUT2D eigenvalue weighted by molar-refractivity contribution is -0.131. The number of pyridine rings is 1. The fraction of sp³-hybridized carbons (Fsp3) is 0.333. The highest BCUT2D eigenvalue weighted by Gasteiger charge is 2.32. The Morgan fingerprint density at radius 1 is 1.00 bits per heavy atom. The predicted octanol–water partition coefficient (Wildman–Crippen LogP) is 4.84. The lowest BCUT2D eigenvalue weighted by Gasteiger charge is -2.32. The van der Waals surface area contributed by atoms with Gasteiger partial charge in [-0.3, -0.25) is 15.1 Å². The third-order valence-corrected chi connectivity index (χ3v) is 8.40. The number of rotatable bonds is 7. The molecule has 2 fully saturated rings. The van der Waals surface area contributed by atoms with Gasteiger partial charge in [0.05, 0.1) is 11.4 Å². The molecule has 0 saturated carbocycles. The maximum Gasteiger partial charge on any atom is 0.240 e. The van der Waals surface area contributed by atoms with Crippen LogP contribution >= 0.6 is 11.8 Å². The molecule has 2 aliphatic rings. The number of hydrogen-bond donors (Lipinski definition) is 1. The lowest BCUT2D eigenvalue weighted by Crippen LogP contribution is -2.46. The summed E-state index contributed by atoms with van der Waals surface area (Å²) in [7, 11) is 1.93. The quantitative estimate of drug-likeness (QED) is 0.505. The van der Waals surface area contributed by atoms with Crippen LogP contribution < -0.4 is 5.32 Å². The Morgan fingerprint density at radius 2 is 1.67 bits per heavy atom. The van der Waals surface area contributed by atoms with Crippen molar-refractivity contribution >= 4 is 23.2 Å². The van der Waals surface area contributed by atoms with Crippen molar-refractivity contribution in [1.82, 2.24) is 20.1 Å².